The maximum absolute atomic E-state index is 13.2. The summed E-state index contributed by atoms with van der Waals surface area (Å²) < 4.78 is 45.4. The quantitative estimate of drug-likeness (QED) is 0.929. The Morgan fingerprint density at radius 2 is 2.00 bits per heavy atom. The number of methoxy groups -OCH3 is 1. The van der Waals surface area contributed by atoms with E-state index in [0.717, 1.165) is 17.3 Å². The molecular formula is C16H16F3N3O2. The fourth-order valence-corrected chi connectivity index (χ4v) is 2.49. The molecule has 128 valence electrons. The van der Waals surface area contributed by atoms with Crippen molar-refractivity contribution in [2.45, 2.75) is 25.2 Å². The molecule has 0 radical (unpaired) electrons. The minimum atomic E-state index is -4.71. The molecule has 0 aliphatic carbocycles. The Hall–Kier alpha value is -2.35. The van der Waals surface area contributed by atoms with Crippen molar-refractivity contribution in [3.63, 3.8) is 0 Å². The molecule has 2 aromatic rings. The zero-order valence-corrected chi connectivity index (χ0v) is 12.9. The van der Waals surface area contributed by atoms with Gasteiger partial charge in [-0.25, -0.2) is 4.68 Å². The van der Waals surface area contributed by atoms with Crippen LogP contribution in [-0.2, 0) is 12.7 Å². The van der Waals surface area contributed by atoms with E-state index in [2.05, 4.69) is 10.4 Å². The average molecular weight is 339 g/mol. The number of aromatic nitrogens is 2. The molecule has 1 atom stereocenters. The molecule has 1 saturated heterocycles. The molecule has 1 N–H and O–H groups in total. The Morgan fingerprint density at radius 3 is 2.50 bits per heavy atom. The number of hydrogen-bond acceptors (Lipinski definition) is 4. The zero-order chi connectivity index (χ0) is 17.3. The van der Waals surface area contributed by atoms with E-state index in [0.29, 0.717) is 17.7 Å². The van der Waals surface area contributed by atoms with Crippen LogP contribution in [0.2, 0.25) is 0 Å². The molecule has 0 bridgehead atoms. The third kappa shape index (κ3) is 3.28. The Bertz CT molecular complexity index is 781. The number of hydrogen-bond donors (Lipinski definition) is 1. The molecular weight excluding hydrogens is 323 g/mol. The molecule has 0 saturated carbocycles. The van der Waals surface area contributed by atoms with E-state index >= 15 is 0 Å². The molecule has 1 unspecified atom stereocenters. The summed E-state index contributed by atoms with van der Waals surface area (Å²) in [6.07, 6.45) is -4.01. The Labute approximate surface area is 136 Å². The van der Waals surface area contributed by atoms with Crippen LogP contribution in [0.25, 0.3) is 0 Å². The van der Waals surface area contributed by atoms with Gasteiger partial charge in [-0.2, -0.15) is 18.3 Å². The first kappa shape index (κ1) is 16.5. The monoisotopic (exact) mass is 339 g/mol. The number of nitrogens with one attached hydrogen (secondary N) is 1. The van der Waals surface area contributed by atoms with E-state index in [1.807, 2.05) is 0 Å². The van der Waals surface area contributed by atoms with Crippen molar-refractivity contribution >= 4 is 0 Å². The van der Waals surface area contributed by atoms with Crippen molar-refractivity contribution in [1.82, 2.24) is 15.1 Å². The van der Waals surface area contributed by atoms with Gasteiger partial charge in [-0.1, -0.05) is 12.1 Å². The summed E-state index contributed by atoms with van der Waals surface area (Å²) in [5.41, 5.74) is -1.42. The van der Waals surface area contributed by atoms with Gasteiger partial charge in [0.2, 0.25) is 0 Å². The van der Waals surface area contributed by atoms with E-state index in [9.17, 15) is 18.0 Å². The maximum Gasteiger partial charge on any atom is 0.421 e. The van der Waals surface area contributed by atoms with Crippen molar-refractivity contribution in [3.05, 3.63) is 57.5 Å². The molecule has 0 spiro atoms. The Balaban J connectivity index is 1.99. The van der Waals surface area contributed by atoms with Gasteiger partial charge in [0.1, 0.15) is 11.3 Å². The maximum atomic E-state index is 13.2. The lowest BCUT2D eigenvalue weighted by Gasteiger charge is -2.27. The minimum Gasteiger partial charge on any atom is -0.497 e. The molecule has 1 aromatic carbocycles. The number of ether oxygens (including phenoxy) is 1. The second-order valence-corrected chi connectivity index (χ2v) is 5.59. The van der Waals surface area contributed by atoms with Crippen molar-refractivity contribution < 1.29 is 17.9 Å². The van der Waals surface area contributed by atoms with Gasteiger partial charge in [-0.3, -0.25) is 4.79 Å². The van der Waals surface area contributed by atoms with Crippen LogP contribution in [0.15, 0.2) is 35.1 Å². The number of alkyl halides is 3. The van der Waals surface area contributed by atoms with E-state index in [1.165, 1.54) is 7.11 Å². The van der Waals surface area contributed by atoms with E-state index in [-0.39, 0.29) is 18.3 Å². The number of benzene rings is 1. The fourth-order valence-electron chi connectivity index (χ4n) is 2.49. The first-order valence-corrected chi connectivity index (χ1v) is 7.44. The number of rotatable bonds is 4. The first-order valence-electron chi connectivity index (χ1n) is 7.44. The van der Waals surface area contributed by atoms with Crippen LogP contribution >= 0.6 is 0 Å². The Kier molecular flexibility index (Phi) is 4.31. The largest absolute Gasteiger partial charge is 0.497 e. The van der Waals surface area contributed by atoms with Gasteiger partial charge in [0.15, 0.2) is 0 Å². The predicted octanol–water partition coefficient (Wildman–Crippen LogP) is 2.35. The van der Waals surface area contributed by atoms with Crippen molar-refractivity contribution in [3.8, 4) is 5.75 Å². The summed E-state index contributed by atoms with van der Waals surface area (Å²) in [4.78, 5) is 12.2. The topological polar surface area (TPSA) is 56.1 Å². The molecule has 5 nitrogen and oxygen atoms in total. The minimum absolute atomic E-state index is 0.0353. The van der Waals surface area contributed by atoms with E-state index < -0.39 is 17.3 Å². The molecule has 1 aliphatic rings. The Morgan fingerprint density at radius 1 is 1.33 bits per heavy atom. The number of nitrogens with zero attached hydrogens (tertiary/aromatic N) is 2. The highest BCUT2D eigenvalue weighted by Gasteiger charge is 2.36. The summed E-state index contributed by atoms with van der Waals surface area (Å²) >= 11 is 0. The average Bonchev–Trinajstić information content (AvgIpc) is 2.48. The third-order valence-corrected chi connectivity index (χ3v) is 3.97. The zero-order valence-electron chi connectivity index (χ0n) is 12.9. The molecule has 1 aliphatic heterocycles. The lowest BCUT2D eigenvalue weighted by atomic mass is 10.0. The predicted molar refractivity (Wildman–Crippen MR) is 81.0 cm³/mol. The smallest absolute Gasteiger partial charge is 0.421 e. The summed E-state index contributed by atoms with van der Waals surface area (Å²) in [6.45, 7) is 0.692. The lowest BCUT2D eigenvalue weighted by molar-refractivity contribution is -0.139. The van der Waals surface area contributed by atoms with Crippen molar-refractivity contribution in [2.24, 2.45) is 0 Å². The molecule has 24 heavy (non-hydrogen) atoms. The van der Waals surface area contributed by atoms with Gasteiger partial charge in [0.05, 0.1) is 25.4 Å². The highest BCUT2D eigenvalue weighted by atomic mass is 19.4. The standard InChI is InChI=1S/C16H16F3N3O2/c1-24-11-4-2-10(3-5-11)9-22-15(23)12(16(17,18)19)8-14(21-22)13-6-7-20-13/h2-5,8,13,20H,6-7,9H2,1H3. The number of halogens is 3. The van der Waals surface area contributed by atoms with Crippen molar-refractivity contribution in [2.75, 3.05) is 13.7 Å². The molecule has 2 heterocycles. The SMILES string of the molecule is COc1ccc(Cn2nc(C3CCN3)cc(C(F)(F)F)c2=O)cc1. The highest BCUT2D eigenvalue weighted by molar-refractivity contribution is 5.28. The molecule has 0 amide bonds. The fraction of sp³-hybridized carbons (Fsp3) is 0.375. The highest BCUT2D eigenvalue weighted by Crippen LogP contribution is 2.29. The second kappa shape index (κ2) is 6.27. The second-order valence-electron chi connectivity index (χ2n) is 5.59. The van der Waals surface area contributed by atoms with Gasteiger partial charge in [0.25, 0.3) is 5.56 Å². The van der Waals surface area contributed by atoms with Crippen LogP contribution in [0.4, 0.5) is 13.2 Å². The van der Waals surface area contributed by atoms with Crippen LogP contribution in [0, 0.1) is 0 Å². The van der Waals surface area contributed by atoms with Gasteiger partial charge in [-0.05, 0) is 36.7 Å². The van der Waals surface area contributed by atoms with Crippen LogP contribution in [-0.4, -0.2) is 23.4 Å². The molecule has 8 heteroatoms. The first-order chi connectivity index (χ1) is 11.4. The van der Waals surface area contributed by atoms with Crippen LogP contribution in [0.1, 0.15) is 29.3 Å². The van der Waals surface area contributed by atoms with Gasteiger partial charge < -0.3 is 10.1 Å². The molecule has 3 rings (SSSR count). The van der Waals surface area contributed by atoms with Crippen molar-refractivity contribution in [1.29, 1.82) is 0 Å². The van der Waals surface area contributed by atoms with Crippen LogP contribution < -0.4 is 15.6 Å². The molecule has 1 fully saturated rings. The molecule has 1 aromatic heterocycles. The van der Waals surface area contributed by atoms with Crippen LogP contribution in [0.5, 0.6) is 5.75 Å². The third-order valence-electron chi connectivity index (χ3n) is 3.97. The van der Waals surface area contributed by atoms with Gasteiger partial charge in [0, 0.05) is 0 Å². The van der Waals surface area contributed by atoms with E-state index in [1.54, 1.807) is 24.3 Å². The summed E-state index contributed by atoms with van der Waals surface area (Å²) in [5, 5.41) is 7.12. The van der Waals surface area contributed by atoms with Gasteiger partial charge >= 0.3 is 6.18 Å². The van der Waals surface area contributed by atoms with E-state index in [4.69, 9.17) is 4.74 Å². The lowest BCUT2D eigenvalue weighted by Crippen LogP contribution is -2.39. The normalized spacial score (nSPS) is 17.4. The van der Waals surface area contributed by atoms with Gasteiger partial charge in [-0.15, -0.1) is 0 Å². The summed E-state index contributed by atoms with van der Waals surface area (Å²) in [5.74, 6) is 0.627. The summed E-state index contributed by atoms with van der Waals surface area (Å²) in [7, 11) is 1.52. The summed E-state index contributed by atoms with van der Waals surface area (Å²) in [6, 6.07) is 7.35. The van der Waals surface area contributed by atoms with Crippen LogP contribution in [0.3, 0.4) is 0 Å².